The predicted molar refractivity (Wildman–Crippen MR) is 98.8 cm³/mol. The number of nitrogens with one attached hydrogen (secondary N) is 1. The third kappa shape index (κ3) is 3.03. The van der Waals surface area contributed by atoms with Gasteiger partial charge in [-0.3, -0.25) is 15.1 Å². The van der Waals surface area contributed by atoms with Crippen LogP contribution in [0.15, 0.2) is 48.8 Å². The summed E-state index contributed by atoms with van der Waals surface area (Å²) in [5.74, 6) is 1.31. The van der Waals surface area contributed by atoms with Crippen molar-refractivity contribution in [3.8, 4) is 0 Å². The highest BCUT2D eigenvalue weighted by molar-refractivity contribution is 6.03. The highest BCUT2D eigenvalue weighted by Crippen LogP contribution is 2.37. The molecule has 26 heavy (non-hydrogen) atoms. The van der Waals surface area contributed by atoms with Gasteiger partial charge in [0.15, 0.2) is 0 Å². The number of nitrogen functional groups attached to an aromatic ring is 1. The molecular formula is C19H20N6O. The molecule has 2 unspecified atom stereocenters. The number of benzene rings is 1. The number of carbonyl (C=O) groups excluding carboxylic acids is 1. The van der Waals surface area contributed by atoms with E-state index in [2.05, 4.69) is 39.4 Å². The maximum atomic E-state index is 12.3. The first kappa shape index (κ1) is 16.3. The number of amides is 1. The van der Waals surface area contributed by atoms with E-state index < -0.39 is 0 Å². The second kappa shape index (κ2) is 6.59. The molecule has 3 N–H and O–H groups in total. The second-order valence-electron chi connectivity index (χ2n) is 6.54. The van der Waals surface area contributed by atoms with Gasteiger partial charge >= 0.3 is 0 Å². The zero-order chi connectivity index (χ0) is 18.1. The third-order valence-electron chi connectivity index (χ3n) is 4.86. The third-order valence-corrected chi connectivity index (χ3v) is 4.86. The number of nitrogens with zero attached hydrogens (tertiary/aromatic N) is 4. The topological polar surface area (TPSA) is 98.7 Å². The van der Waals surface area contributed by atoms with Crippen LogP contribution >= 0.6 is 0 Å². The Kier molecular flexibility index (Phi) is 4.12. The van der Waals surface area contributed by atoms with Crippen molar-refractivity contribution in [3.63, 3.8) is 0 Å². The number of aryl methyl sites for hydroxylation is 1. The molecule has 0 bridgehead atoms. The average Bonchev–Trinajstić information content (AvgIpc) is 3.07. The molecule has 2 atom stereocenters. The first-order valence-corrected chi connectivity index (χ1v) is 8.64. The Hall–Kier alpha value is -3.22. The summed E-state index contributed by atoms with van der Waals surface area (Å²) < 4.78 is 1.92. The molecule has 2 aromatic heterocycles. The molecule has 0 saturated heterocycles. The largest absolute Gasteiger partial charge is 0.399 e. The lowest BCUT2D eigenvalue weighted by Crippen LogP contribution is -2.24. The van der Waals surface area contributed by atoms with Gasteiger partial charge in [-0.25, -0.2) is 4.68 Å². The van der Waals surface area contributed by atoms with Crippen molar-refractivity contribution in [3.05, 3.63) is 65.7 Å². The minimum Gasteiger partial charge on any atom is -0.399 e. The summed E-state index contributed by atoms with van der Waals surface area (Å²) in [7, 11) is 0. The van der Waals surface area contributed by atoms with Crippen LogP contribution in [0.3, 0.4) is 0 Å². The van der Waals surface area contributed by atoms with Crippen molar-refractivity contribution >= 4 is 17.5 Å². The maximum Gasteiger partial charge on any atom is 0.259 e. The lowest BCUT2D eigenvalue weighted by Gasteiger charge is -2.29. The van der Waals surface area contributed by atoms with E-state index in [0.717, 1.165) is 24.4 Å². The number of nitrogens with two attached hydrogens (primary N) is 1. The zero-order valence-corrected chi connectivity index (χ0v) is 14.5. The standard InChI is InChI=1S/C19H20N6O/c1-12-16(13-4-6-15(20)7-5-13)8-9-17-22-19(24-25(12)17)23-18(26)14-3-2-10-21-11-14/h2-7,10-12,16H,8-9,20H2,1H3,(H,23,24,26). The Morgan fingerprint density at radius 1 is 1.27 bits per heavy atom. The summed E-state index contributed by atoms with van der Waals surface area (Å²) in [6.45, 7) is 2.13. The van der Waals surface area contributed by atoms with Gasteiger partial charge in [-0.15, -0.1) is 5.10 Å². The molecule has 132 valence electrons. The van der Waals surface area contributed by atoms with Gasteiger partial charge in [-0.05, 0) is 43.2 Å². The average molecular weight is 348 g/mol. The van der Waals surface area contributed by atoms with Crippen molar-refractivity contribution in [1.29, 1.82) is 0 Å². The van der Waals surface area contributed by atoms with Gasteiger partial charge in [0, 0.05) is 30.4 Å². The van der Waals surface area contributed by atoms with Crippen LogP contribution in [0.1, 0.15) is 47.1 Å². The predicted octanol–water partition coefficient (Wildman–Crippen LogP) is 2.80. The fourth-order valence-corrected chi connectivity index (χ4v) is 3.46. The van der Waals surface area contributed by atoms with Crippen molar-refractivity contribution in [2.45, 2.75) is 31.7 Å². The minimum absolute atomic E-state index is 0.152. The highest BCUT2D eigenvalue weighted by atomic mass is 16.1. The lowest BCUT2D eigenvalue weighted by atomic mass is 9.86. The van der Waals surface area contributed by atoms with Crippen LogP contribution in [0.5, 0.6) is 0 Å². The van der Waals surface area contributed by atoms with Crippen molar-refractivity contribution in [2.75, 3.05) is 11.1 Å². The van der Waals surface area contributed by atoms with Gasteiger partial charge < -0.3 is 5.73 Å². The molecule has 0 aliphatic carbocycles. The van der Waals surface area contributed by atoms with Crippen LogP contribution in [0.2, 0.25) is 0 Å². The van der Waals surface area contributed by atoms with Gasteiger partial charge in [-0.1, -0.05) is 12.1 Å². The van der Waals surface area contributed by atoms with E-state index in [1.807, 2.05) is 16.8 Å². The molecule has 1 aliphatic heterocycles. The van der Waals surface area contributed by atoms with Gasteiger partial charge in [0.25, 0.3) is 5.91 Å². The molecule has 4 rings (SSSR count). The Balaban J connectivity index is 1.54. The van der Waals surface area contributed by atoms with Crippen molar-refractivity contribution in [1.82, 2.24) is 19.7 Å². The fraction of sp³-hybridized carbons (Fsp3) is 0.263. The molecule has 0 spiro atoms. The minimum atomic E-state index is -0.260. The molecule has 1 amide bonds. The summed E-state index contributed by atoms with van der Waals surface area (Å²) in [4.78, 5) is 20.7. The monoisotopic (exact) mass is 348 g/mol. The smallest absolute Gasteiger partial charge is 0.259 e. The van der Waals surface area contributed by atoms with E-state index >= 15 is 0 Å². The van der Waals surface area contributed by atoms with Crippen LogP contribution in [-0.2, 0) is 6.42 Å². The SMILES string of the molecule is CC1C(c2ccc(N)cc2)CCc2nc(NC(=O)c3cccnc3)nn21. The Morgan fingerprint density at radius 2 is 2.08 bits per heavy atom. The molecule has 0 saturated carbocycles. The molecule has 3 heterocycles. The number of pyridine rings is 1. The van der Waals surface area contributed by atoms with Crippen molar-refractivity contribution in [2.24, 2.45) is 0 Å². The molecule has 1 aromatic carbocycles. The number of hydrogen-bond acceptors (Lipinski definition) is 5. The summed E-state index contributed by atoms with van der Waals surface area (Å²) in [5, 5.41) is 7.28. The van der Waals surface area contributed by atoms with E-state index in [9.17, 15) is 4.79 Å². The number of anilines is 2. The molecular weight excluding hydrogens is 328 g/mol. The number of carbonyl (C=O) groups is 1. The maximum absolute atomic E-state index is 12.3. The van der Waals surface area contributed by atoms with E-state index in [1.54, 1.807) is 18.3 Å². The van der Waals surface area contributed by atoms with Crippen molar-refractivity contribution < 1.29 is 4.79 Å². The highest BCUT2D eigenvalue weighted by Gasteiger charge is 2.30. The van der Waals surface area contributed by atoms with E-state index in [0.29, 0.717) is 17.4 Å². The number of fused-ring (bicyclic) bond motifs is 1. The Morgan fingerprint density at radius 3 is 2.81 bits per heavy atom. The van der Waals surface area contributed by atoms with Gasteiger partial charge in [-0.2, -0.15) is 4.98 Å². The van der Waals surface area contributed by atoms with Gasteiger partial charge in [0.1, 0.15) is 5.82 Å². The summed E-state index contributed by atoms with van der Waals surface area (Å²) in [6.07, 6.45) is 4.95. The molecule has 7 heteroatoms. The first-order chi connectivity index (χ1) is 12.6. The summed E-state index contributed by atoms with van der Waals surface area (Å²) in [6, 6.07) is 11.6. The van der Waals surface area contributed by atoms with E-state index in [-0.39, 0.29) is 11.9 Å². The second-order valence-corrected chi connectivity index (χ2v) is 6.54. The van der Waals surface area contributed by atoms with Crippen LogP contribution in [0, 0.1) is 0 Å². The Bertz CT molecular complexity index is 919. The molecule has 0 fully saturated rings. The number of hydrogen-bond donors (Lipinski definition) is 2. The molecule has 3 aromatic rings. The number of rotatable bonds is 3. The van der Waals surface area contributed by atoms with E-state index in [4.69, 9.17) is 5.73 Å². The lowest BCUT2D eigenvalue weighted by molar-refractivity contribution is 0.102. The first-order valence-electron chi connectivity index (χ1n) is 8.64. The molecule has 1 aliphatic rings. The van der Waals surface area contributed by atoms with Crippen LogP contribution in [-0.4, -0.2) is 25.7 Å². The number of aromatic nitrogens is 4. The summed E-state index contributed by atoms with van der Waals surface area (Å²) >= 11 is 0. The zero-order valence-electron chi connectivity index (χ0n) is 14.5. The molecule has 0 radical (unpaired) electrons. The van der Waals surface area contributed by atoms with Crippen LogP contribution in [0.4, 0.5) is 11.6 Å². The summed E-state index contributed by atoms with van der Waals surface area (Å²) in [5.41, 5.74) is 8.28. The fourth-order valence-electron chi connectivity index (χ4n) is 3.46. The molecule has 7 nitrogen and oxygen atoms in total. The normalized spacial score (nSPS) is 19.0. The Labute approximate surface area is 151 Å². The quantitative estimate of drug-likeness (QED) is 0.709. The van der Waals surface area contributed by atoms with Crippen LogP contribution in [0.25, 0.3) is 0 Å². The van der Waals surface area contributed by atoms with Gasteiger partial charge in [0.2, 0.25) is 5.95 Å². The van der Waals surface area contributed by atoms with Gasteiger partial charge in [0.05, 0.1) is 11.6 Å². The van der Waals surface area contributed by atoms with E-state index in [1.165, 1.54) is 11.8 Å². The van der Waals surface area contributed by atoms with Crippen LogP contribution < -0.4 is 11.1 Å².